The molecule has 1 saturated carbocycles. The molecule has 1 aromatic heterocycles. The highest BCUT2D eigenvalue weighted by molar-refractivity contribution is 6.03. The molecular formula is C27H46N8O3. The Labute approximate surface area is 226 Å². The molecule has 1 aromatic rings. The predicted octanol–water partition coefficient (Wildman–Crippen LogP) is 4.15. The van der Waals surface area contributed by atoms with Crippen LogP contribution >= 0.6 is 0 Å². The number of anilines is 3. The number of hydrogen-bond acceptors (Lipinski definition) is 9. The number of hydrogen-bond donors (Lipinski definition) is 4. The van der Waals surface area contributed by atoms with Gasteiger partial charge in [-0.05, 0) is 44.9 Å². The summed E-state index contributed by atoms with van der Waals surface area (Å²) in [5, 5.41) is 23.4. The number of amidine groups is 1. The highest BCUT2D eigenvalue weighted by atomic mass is 16.5. The lowest BCUT2D eigenvalue weighted by Gasteiger charge is -2.43. The molecule has 0 bridgehead atoms. The lowest BCUT2D eigenvalue weighted by atomic mass is 9.80. The average molecular weight is 531 g/mol. The Hall–Kier alpha value is -2.66. The number of nitrogens with one attached hydrogen (secondary N) is 3. The Bertz CT molecular complexity index is 981. The van der Waals surface area contributed by atoms with E-state index in [0.29, 0.717) is 30.9 Å². The van der Waals surface area contributed by atoms with Gasteiger partial charge in [-0.25, -0.2) is 14.8 Å². The summed E-state index contributed by atoms with van der Waals surface area (Å²) >= 11 is 0. The van der Waals surface area contributed by atoms with Gasteiger partial charge in [-0.3, -0.25) is 15.6 Å². The first-order chi connectivity index (χ1) is 18.2. The molecule has 0 radical (unpaired) electrons. The Balaban J connectivity index is 1.73. The van der Waals surface area contributed by atoms with Crippen LogP contribution in [0.1, 0.15) is 78.5 Å². The third kappa shape index (κ3) is 6.14. The molecule has 11 heteroatoms. The Morgan fingerprint density at radius 1 is 1.18 bits per heavy atom. The number of rotatable bonds is 11. The van der Waals surface area contributed by atoms with Crippen LogP contribution in [-0.2, 0) is 4.74 Å². The minimum absolute atomic E-state index is 0.0572. The molecule has 2 fully saturated rings. The molecule has 2 unspecified atom stereocenters. The van der Waals surface area contributed by atoms with Crippen molar-refractivity contribution in [2.45, 2.75) is 91.0 Å². The first kappa shape index (κ1) is 28.4. The van der Waals surface area contributed by atoms with E-state index in [9.17, 15) is 9.90 Å². The molecule has 38 heavy (non-hydrogen) atoms. The molecular weight excluding hydrogens is 484 g/mol. The zero-order valence-corrected chi connectivity index (χ0v) is 23.7. The van der Waals surface area contributed by atoms with Gasteiger partial charge in [0.25, 0.3) is 0 Å². The van der Waals surface area contributed by atoms with Crippen molar-refractivity contribution in [3.05, 3.63) is 5.82 Å². The van der Waals surface area contributed by atoms with Crippen LogP contribution in [0.5, 0.6) is 0 Å². The zero-order chi connectivity index (χ0) is 27.4. The number of nitrogens with zero attached hydrogens (tertiary/aromatic N) is 5. The molecule has 3 aliphatic rings. The van der Waals surface area contributed by atoms with E-state index in [1.54, 1.807) is 0 Å². The maximum Gasteiger partial charge on any atom is 0.410 e. The lowest BCUT2D eigenvalue weighted by molar-refractivity contribution is 0.0160. The second-order valence-electron chi connectivity index (χ2n) is 11.3. The molecule has 0 spiro atoms. The van der Waals surface area contributed by atoms with Crippen LogP contribution in [0.15, 0.2) is 0 Å². The fourth-order valence-electron chi connectivity index (χ4n) is 5.77. The molecule has 11 nitrogen and oxygen atoms in total. The maximum atomic E-state index is 11.3. The number of morpholine rings is 1. The largest absolute Gasteiger partial charge is 0.465 e. The fourth-order valence-corrected chi connectivity index (χ4v) is 5.77. The quantitative estimate of drug-likeness (QED) is 0.246. The Morgan fingerprint density at radius 3 is 2.50 bits per heavy atom. The first-order valence-electron chi connectivity index (χ1n) is 14.3. The SMILES string of the molecule is CC[C@H](C)CCCC(C)N1c2c(N[C@H](C)C3CCC3)nc(C(=N)NC(=O)O)nc2N(C)C1N1CCOCC1. The lowest BCUT2D eigenvalue weighted by Crippen LogP contribution is -2.59. The summed E-state index contributed by atoms with van der Waals surface area (Å²) in [6.45, 7) is 12.1. The molecule has 1 amide bonds. The van der Waals surface area contributed by atoms with Crippen LogP contribution in [0.25, 0.3) is 0 Å². The summed E-state index contributed by atoms with van der Waals surface area (Å²) in [4.78, 5) is 27.8. The van der Waals surface area contributed by atoms with Crippen molar-refractivity contribution in [3.8, 4) is 0 Å². The standard InChI is InChI=1S/C27H46N8O3/c1-6-17(2)9-7-10-18(3)35-21-23(29-19(4)20-11-8-12-20)31-24(22(28)30-26(36)37)32-25(21)33(5)27(35)34-13-15-38-16-14-34/h17-20,27H,6-16H2,1-5H3,(H2,28,30)(H,36,37)(H,29,31,32)/t17-,18?,19+,27?/m0/s1. The van der Waals surface area contributed by atoms with Gasteiger partial charge in [-0.2, -0.15) is 0 Å². The summed E-state index contributed by atoms with van der Waals surface area (Å²) in [5.74, 6) is 2.45. The van der Waals surface area contributed by atoms with Gasteiger partial charge in [0.2, 0.25) is 0 Å². The monoisotopic (exact) mass is 530 g/mol. The maximum absolute atomic E-state index is 11.3. The van der Waals surface area contributed by atoms with Gasteiger partial charge in [-0.1, -0.05) is 39.5 Å². The van der Waals surface area contributed by atoms with Crippen molar-refractivity contribution >= 4 is 29.3 Å². The molecule has 1 saturated heterocycles. The van der Waals surface area contributed by atoms with Crippen LogP contribution in [-0.4, -0.2) is 83.6 Å². The van der Waals surface area contributed by atoms with E-state index in [-0.39, 0.29) is 30.0 Å². The van der Waals surface area contributed by atoms with E-state index >= 15 is 0 Å². The summed E-state index contributed by atoms with van der Waals surface area (Å²) < 4.78 is 5.67. The number of carbonyl (C=O) groups is 1. The highest BCUT2D eigenvalue weighted by Gasteiger charge is 2.44. The van der Waals surface area contributed by atoms with Gasteiger partial charge < -0.3 is 25.0 Å². The van der Waals surface area contributed by atoms with Crippen molar-refractivity contribution in [1.29, 1.82) is 5.41 Å². The van der Waals surface area contributed by atoms with E-state index in [1.165, 1.54) is 32.1 Å². The van der Waals surface area contributed by atoms with E-state index in [4.69, 9.17) is 20.1 Å². The molecule has 4 atom stereocenters. The van der Waals surface area contributed by atoms with Crippen molar-refractivity contribution in [1.82, 2.24) is 20.2 Å². The van der Waals surface area contributed by atoms with E-state index in [1.807, 2.05) is 7.05 Å². The molecule has 212 valence electrons. The van der Waals surface area contributed by atoms with Crippen molar-refractivity contribution in [2.75, 3.05) is 48.5 Å². The van der Waals surface area contributed by atoms with Gasteiger partial charge >= 0.3 is 6.09 Å². The second-order valence-corrected chi connectivity index (χ2v) is 11.3. The molecule has 3 heterocycles. The van der Waals surface area contributed by atoms with Gasteiger partial charge in [0.15, 0.2) is 29.6 Å². The van der Waals surface area contributed by atoms with E-state index < -0.39 is 6.09 Å². The number of ether oxygens (including phenoxy) is 1. The van der Waals surface area contributed by atoms with Crippen molar-refractivity contribution in [2.24, 2.45) is 11.8 Å². The van der Waals surface area contributed by atoms with Crippen LogP contribution in [0, 0.1) is 17.2 Å². The van der Waals surface area contributed by atoms with Crippen LogP contribution in [0.4, 0.5) is 22.1 Å². The van der Waals surface area contributed by atoms with E-state index in [0.717, 1.165) is 37.4 Å². The smallest absolute Gasteiger partial charge is 0.410 e. The van der Waals surface area contributed by atoms with Crippen LogP contribution in [0.2, 0.25) is 0 Å². The van der Waals surface area contributed by atoms with Crippen LogP contribution < -0.4 is 20.4 Å². The number of amides is 1. The van der Waals surface area contributed by atoms with Crippen LogP contribution in [0.3, 0.4) is 0 Å². The van der Waals surface area contributed by atoms with Gasteiger partial charge in [0.05, 0.1) is 13.2 Å². The Kier molecular flexibility index (Phi) is 9.30. The minimum atomic E-state index is -1.30. The number of fused-ring (bicyclic) bond motifs is 1. The summed E-state index contributed by atoms with van der Waals surface area (Å²) in [7, 11) is 2.04. The third-order valence-electron chi connectivity index (χ3n) is 8.59. The molecule has 2 aliphatic heterocycles. The van der Waals surface area contributed by atoms with Crippen molar-refractivity contribution < 1.29 is 14.6 Å². The number of aromatic nitrogens is 2. The summed E-state index contributed by atoms with van der Waals surface area (Å²) in [6.07, 6.45) is 6.87. The molecule has 0 aromatic carbocycles. The third-order valence-corrected chi connectivity index (χ3v) is 8.59. The van der Waals surface area contributed by atoms with Gasteiger partial charge in [0, 0.05) is 32.2 Å². The summed E-state index contributed by atoms with van der Waals surface area (Å²) in [6, 6.07) is 0.453. The highest BCUT2D eigenvalue weighted by Crippen LogP contribution is 2.45. The first-order valence-corrected chi connectivity index (χ1v) is 14.3. The summed E-state index contributed by atoms with van der Waals surface area (Å²) in [5.41, 5.74) is 0.943. The van der Waals surface area contributed by atoms with E-state index in [2.05, 4.69) is 53.0 Å². The minimum Gasteiger partial charge on any atom is -0.465 e. The fraction of sp³-hybridized carbons (Fsp3) is 0.778. The van der Waals surface area contributed by atoms with Crippen molar-refractivity contribution in [3.63, 3.8) is 0 Å². The molecule has 4 rings (SSSR count). The molecule has 1 aliphatic carbocycles. The number of carboxylic acid groups (broad SMARTS) is 1. The molecule has 4 N–H and O–H groups in total. The van der Waals surface area contributed by atoms with Gasteiger partial charge in [0.1, 0.15) is 5.69 Å². The second kappa shape index (κ2) is 12.5. The predicted molar refractivity (Wildman–Crippen MR) is 150 cm³/mol. The average Bonchev–Trinajstić information content (AvgIpc) is 3.15. The normalized spacial score (nSPS) is 22.4. The zero-order valence-electron chi connectivity index (χ0n) is 23.7. The Morgan fingerprint density at radius 2 is 1.89 bits per heavy atom. The van der Waals surface area contributed by atoms with Gasteiger partial charge in [-0.15, -0.1) is 0 Å². The topological polar surface area (TPSA) is 130 Å².